The van der Waals surface area contributed by atoms with Crippen LogP contribution in [-0.4, -0.2) is 19.9 Å². The van der Waals surface area contributed by atoms with Crippen LogP contribution in [0.3, 0.4) is 0 Å². The van der Waals surface area contributed by atoms with Crippen LogP contribution in [0.15, 0.2) is 176 Å². The second kappa shape index (κ2) is 14.8. The van der Waals surface area contributed by atoms with Gasteiger partial charge in [0.1, 0.15) is 0 Å². The van der Waals surface area contributed by atoms with Gasteiger partial charge in [0.25, 0.3) is 0 Å². The molecule has 4 nitrogen and oxygen atoms in total. The standard InChI is InChI=1S/C57H48N4/c1-56(2,3)44-22-23-50-47(33-44)48-34-45(57(4,5)6)35-49(55(48)61-50)53-32-41(46-21-13-19-38-20-14-25-59-54(38)46)31-52(60-53)43-28-40(37-17-11-8-12-18-37)27-42(29-43)51-30-39(24-26-58-51)36-15-9-7-10-16-36/h7-35,61H,1-6H3. The van der Waals surface area contributed by atoms with Crippen molar-refractivity contribution in [2.45, 2.75) is 52.4 Å². The van der Waals surface area contributed by atoms with Crippen molar-refractivity contribution in [3.63, 3.8) is 0 Å². The Kier molecular flexibility index (Phi) is 9.25. The smallest absolute Gasteiger partial charge is 0.0780 e. The number of nitrogens with one attached hydrogen (secondary N) is 1. The van der Waals surface area contributed by atoms with Crippen LogP contribution in [0.4, 0.5) is 0 Å². The molecule has 0 saturated heterocycles. The molecule has 4 aromatic heterocycles. The summed E-state index contributed by atoms with van der Waals surface area (Å²) in [5.41, 5.74) is 18.1. The molecule has 0 fully saturated rings. The summed E-state index contributed by atoms with van der Waals surface area (Å²) in [5.74, 6) is 0. The highest BCUT2D eigenvalue weighted by molar-refractivity contribution is 6.12. The Balaban J connectivity index is 1.26. The molecule has 10 rings (SSSR count). The van der Waals surface area contributed by atoms with Gasteiger partial charge in [-0.05, 0) is 123 Å². The second-order valence-corrected chi connectivity index (χ2v) is 18.3. The van der Waals surface area contributed by atoms with Gasteiger partial charge >= 0.3 is 0 Å². The minimum Gasteiger partial charge on any atom is -0.354 e. The number of para-hydroxylation sites is 1. The first-order chi connectivity index (χ1) is 29.5. The van der Waals surface area contributed by atoms with E-state index in [-0.39, 0.29) is 10.8 Å². The largest absolute Gasteiger partial charge is 0.354 e. The summed E-state index contributed by atoms with van der Waals surface area (Å²) in [7, 11) is 0. The highest BCUT2D eigenvalue weighted by Crippen LogP contribution is 2.42. The van der Waals surface area contributed by atoms with Crippen LogP contribution in [0.25, 0.3) is 99.9 Å². The first kappa shape index (κ1) is 38.1. The third-order valence-corrected chi connectivity index (χ3v) is 12.0. The average Bonchev–Trinajstić information content (AvgIpc) is 3.66. The number of H-pyrrole nitrogens is 1. The van der Waals surface area contributed by atoms with Crippen molar-refractivity contribution in [1.82, 2.24) is 19.9 Å². The Hall–Kier alpha value is -7.17. The molecule has 0 unspecified atom stereocenters. The molecule has 0 saturated carbocycles. The highest BCUT2D eigenvalue weighted by Gasteiger charge is 2.23. The SMILES string of the molecule is CC(C)(C)c1ccc2[nH]c3c(-c4cc(-c5cccc6cccnc56)cc(-c5cc(-c6ccccc6)cc(-c6cc(-c7ccccc7)ccn6)c5)n4)cc(C(C)(C)C)cc3c2c1. The molecule has 0 amide bonds. The lowest BCUT2D eigenvalue weighted by molar-refractivity contribution is 0.590. The van der Waals surface area contributed by atoms with E-state index in [2.05, 4.69) is 204 Å². The third-order valence-electron chi connectivity index (χ3n) is 12.0. The van der Waals surface area contributed by atoms with E-state index in [1.54, 1.807) is 0 Å². The maximum Gasteiger partial charge on any atom is 0.0780 e. The topological polar surface area (TPSA) is 54.5 Å². The van der Waals surface area contributed by atoms with Gasteiger partial charge in [0.15, 0.2) is 0 Å². The summed E-state index contributed by atoms with van der Waals surface area (Å²) in [6.45, 7) is 13.7. The van der Waals surface area contributed by atoms with Crippen LogP contribution in [-0.2, 0) is 10.8 Å². The Morgan fingerprint density at radius 2 is 1.03 bits per heavy atom. The molecule has 4 heteroatoms. The van der Waals surface area contributed by atoms with Gasteiger partial charge in [0.2, 0.25) is 0 Å². The molecular formula is C57H48N4. The molecule has 0 radical (unpaired) electrons. The van der Waals surface area contributed by atoms with E-state index in [1.165, 1.54) is 21.9 Å². The summed E-state index contributed by atoms with van der Waals surface area (Å²) in [5, 5.41) is 3.54. The molecule has 0 bridgehead atoms. The monoisotopic (exact) mass is 788 g/mol. The van der Waals surface area contributed by atoms with Crippen molar-refractivity contribution >= 4 is 32.7 Å². The Bertz CT molecular complexity index is 3250. The van der Waals surface area contributed by atoms with Gasteiger partial charge in [-0.25, -0.2) is 4.98 Å². The van der Waals surface area contributed by atoms with E-state index in [9.17, 15) is 0 Å². The fourth-order valence-corrected chi connectivity index (χ4v) is 8.53. The molecule has 0 spiro atoms. The Morgan fingerprint density at radius 1 is 0.393 bits per heavy atom. The van der Waals surface area contributed by atoms with Gasteiger partial charge < -0.3 is 4.98 Å². The first-order valence-corrected chi connectivity index (χ1v) is 21.2. The summed E-state index contributed by atoms with van der Waals surface area (Å²) < 4.78 is 0. The molecule has 1 N–H and O–H groups in total. The lowest BCUT2D eigenvalue weighted by atomic mass is 9.83. The van der Waals surface area contributed by atoms with Crippen LogP contribution in [0.2, 0.25) is 0 Å². The summed E-state index contributed by atoms with van der Waals surface area (Å²) >= 11 is 0. The summed E-state index contributed by atoms with van der Waals surface area (Å²) in [4.78, 5) is 19.4. The number of rotatable bonds is 6. The fraction of sp³-hybridized carbons (Fsp3) is 0.140. The molecule has 296 valence electrons. The average molecular weight is 789 g/mol. The van der Waals surface area contributed by atoms with Crippen molar-refractivity contribution < 1.29 is 0 Å². The molecule has 4 heterocycles. The number of hydrogen-bond donors (Lipinski definition) is 1. The molecular weight excluding hydrogens is 741 g/mol. The summed E-state index contributed by atoms with van der Waals surface area (Å²) in [6, 6.07) is 58.8. The van der Waals surface area contributed by atoms with E-state index in [1.807, 2.05) is 18.5 Å². The van der Waals surface area contributed by atoms with Crippen LogP contribution in [0.5, 0.6) is 0 Å². The van der Waals surface area contributed by atoms with Gasteiger partial charge in [-0.1, -0.05) is 133 Å². The van der Waals surface area contributed by atoms with E-state index in [4.69, 9.17) is 15.0 Å². The van der Waals surface area contributed by atoms with Gasteiger partial charge in [0.05, 0.1) is 28.1 Å². The van der Waals surface area contributed by atoms with Crippen molar-refractivity contribution in [1.29, 1.82) is 0 Å². The molecule has 10 aromatic rings. The van der Waals surface area contributed by atoms with Crippen molar-refractivity contribution in [2.24, 2.45) is 0 Å². The first-order valence-electron chi connectivity index (χ1n) is 21.2. The van der Waals surface area contributed by atoms with E-state index >= 15 is 0 Å². The zero-order chi connectivity index (χ0) is 41.9. The minimum atomic E-state index is -0.103. The van der Waals surface area contributed by atoms with Gasteiger partial charge in [-0.2, -0.15) is 0 Å². The fourth-order valence-electron chi connectivity index (χ4n) is 8.53. The van der Waals surface area contributed by atoms with Crippen LogP contribution in [0.1, 0.15) is 52.7 Å². The van der Waals surface area contributed by atoms with Gasteiger partial charge in [-0.15, -0.1) is 0 Å². The van der Waals surface area contributed by atoms with Crippen LogP contribution < -0.4 is 0 Å². The number of aromatic nitrogens is 4. The zero-order valence-corrected chi connectivity index (χ0v) is 35.6. The third kappa shape index (κ3) is 7.29. The number of aromatic amines is 1. The zero-order valence-electron chi connectivity index (χ0n) is 35.6. The lowest BCUT2D eigenvalue weighted by Gasteiger charge is -2.21. The maximum absolute atomic E-state index is 5.65. The second-order valence-electron chi connectivity index (χ2n) is 18.3. The molecule has 0 aliphatic heterocycles. The predicted molar refractivity (Wildman–Crippen MR) is 257 cm³/mol. The van der Waals surface area contributed by atoms with E-state index < -0.39 is 0 Å². The van der Waals surface area contributed by atoms with E-state index in [0.29, 0.717) is 0 Å². The minimum absolute atomic E-state index is 0.0189. The van der Waals surface area contributed by atoms with Crippen LogP contribution in [0, 0.1) is 0 Å². The van der Waals surface area contributed by atoms with Crippen molar-refractivity contribution in [2.75, 3.05) is 0 Å². The molecule has 61 heavy (non-hydrogen) atoms. The molecule has 0 aliphatic carbocycles. The van der Waals surface area contributed by atoms with Gasteiger partial charge in [0, 0.05) is 56.3 Å². The van der Waals surface area contributed by atoms with Crippen LogP contribution >= 0.6 is 0 Å². The number of fused-ring (bicyclic) bond motifs is 4. The Labute approximate surface area is 358 Å². The Morgan fingerprint density at radius 3 is 1.77 bits per heavy atom. The van der Waals surface area contributed by atoms with Gasteiger partial charge in [-0.3, -0.25) is 9.97 Å². The molecule has 6 aromatic carbocycles. The number of hydrogen-bond acceptors (Lipinski definition) is 3. The van der Waals surface area contributed by atoms with Crippen molar-refractivity contribution in [3.05, 3.63) is 187 Å². The predicted octanol–water partition coefficient (Wildman–Crippen LogP) is 15.3. The molecule has 0 aliphatic rings. The van der Waals surface area contributed by atoms with Crippen molar-refractivity contribution in [3.8, 4) is 67.2 Å². The lowest BCUT2D eigenvalue weighted by Crippen LogP contribution is -2.11. The number of pyridine rings is 3. The maximum atomic E-state index is 5.65. The summed E-state index contributed by atoms with van der Waals surface area (Å²) in [6.07, 6.45) is 3.79. The number of nitrogens with zero attached hydrogens (tertiary/aromatic N) is 3. The normalized spacial score (nSPS) is 12.1. The highest BCUT2D eigenvalue weighted by atomic mass is 14.8. The number of benzene rings is 6. The van der Waals surface area contributed by atoms with E-state index in [0.717, 1.165) is 89.1 Å². The molecule has 0 atom stereocenters. The quantitative estimate of drug-likeness (QED) is 0.183.